The van der Waals surface area contributed by atoms with Crippen molar-refractivity contribution in [1.82, 2.24) is 24.5 Å². The summed E-state index contributed by atoms with van der Waals surface area (Å²) in [5.74, 6) is 4.32. The maximum Gasteiger partial charge on any atom is 0.167 e. The molecule has 0 unspecified atom stereocenters. The third-order valence-corrected chi connectivity index (χ3v) is 11.1. The number of para-hydroxylation sites is 2. The molecule has 0 fully saturated rings. The Morgan fingerprint density at radius 2 is 1.21 bits per heavy atom. The highest BCUT2D eigenvalue weighted by Crippen LogP contribution is 2.46. The minimum atomic E-state index is -0.311. The highest BCUT2D eigenvalue weighted by atomic mass is 16.5. The van der Waals surface area contributed by atoms with Gasteiger partial charge in [0.1, 0.15) is 29.0 Å². The summed E-state index contributed by atoms with van der Waals surface area (Å²) in [5, 5.41) is 2.21. The first-order chi connectivity index (χ1) is 27.2. The van der Waals surface area contributed by atoms with Crippen LogP contribution in [0.2, 0.25) is 0 Å². The number of aromatic nitrogens is 5. The Bertz CT molecular complexity index is 2650. The van der Waals surface area contributed by atoms with Crippen molar-refractivity contribution in [2.45, 2.75) is 105 Å². The number of nitrogens with zero attached hydrogens (tertiary/aromatic N) is 7. The number of pyridine rings is 1. The predicted molar refractivity (Wildman–Crippen MR) is 241 cm³/mol. The van der Waals surface area contributed by atoms with E-state index in [4.69, 9.17) is 24.7 Å². The highest BCUT2D eigenvalue weighted by Gasteiger charge is 2.30. The van der Waals surface area contributed by atoms with Crippen LogP contribution in [0.5, 0.6) is 11.5 Å². The standard InChI is InChI=1S/C50H57N7O/c1-47(2,3)31-21-22-38-35(26-31)36-28-37(44-52-45(49(7,8)9)54-46(53-44)50(10,11)12)42(29-41(36)57(38)43-20-16-17-23-51-43)58-34-25-32(48(4,5)6)24-33(27-34)56-30-55(13)39-18-14-15-19-40(39)56/h14-29H,30H2,1-13H3. The van der Waals surface area contributed by atoms with E-state index in [9.17, 15) is 0 Å². The average Bonchev–Trinajstić information content (AvgIpc) is 3.66. The first-order valence-corrected chi connectivity index (χ1v) is 20.4. The van der Waals surface area contributed by atoms with Crippen molar-refractivity contribution < 1.29 is 4.74 Å². The summed E-state index contributed by atoms with van der Waals surface area (Å²) in [5.41, 5.74) is 7.95. The fourth-order valence-electron chi connectivity index (χ4n) is 7.63. The summed E-state index contributed by atoms with van der Waals surface area (Å²) in [6, 6.07) is 32.5. The minimum absolute atomic E-state index is 0.0443. The van der Waals surface area contributed by atoms with E-state index in [0.29, 0.717) is 11.6 Å². The monoisotopic (exact) mass is 771 g/mol. The Morgan fingerprint density at radius 1 is 0.569 bits per heavy atom. The van der Waals surface area contributed by atoms with Crippen LogP contribution in [-0.4, -0.2) is 38.2 Å². The van der Waals surface area contributed by atoms with Gasteiger partial charge in [-0.1, -0.05) is 107 Å². The van der Waals surface area contributed by atoms with Crippen molar-refractivity contribution in [1.29, 1.82) is 0 Å². The molecule has 0 aliphatic carbocycles. The van der Waals surface area contributed by atoms with E-state index < -0.39 is 0 Å². The number of ether oxygens (including phenoxy) is 1. The summed E-state index contributed by atoms with van der Waals surface area (Å²) >= 11 is 0. The van der Waals surface area contributed by atoms with Gasteiger partial charge in [-0.25, -0.2) is 19.9 Å². The number of benzene rings is 4. The fourth-order valence-corrected chi connectivity index (χ4v) is 7.63. The van der Waals surface area contributed by atoms with Crippen LogP contribution in [-0.2, 0) is 21.7 Å². The average molecular weight is 772 g/mol. The van der Waals surface area contributed by atoms with Gasteiger partial charge >= 0.3 is 0 Å². The molecule has 0 atom stereocenters. The Hall–Kier alpha value is -5.76. The molecule has 8 nitrogen and oxygen atoms in total. The van der Waals surface area contributed by atoms with Gasteiger partial charge in [-0.15, -0.1) is 0 Å². The number of hydrogen-bond acceptors (Lipinski definition) is 7. The van der Waals surface area contributed by atoms with E-state index in [2.05, 4.69) is 183 Å². The zero-order valence-electron chi connectivity index (χ0n) is 36.5. The lowest BCUT2D eigenvalue weighted by Crippen LogP contribution is -2.24. The number of anilines is 3. The van der Waals surface area contributed by atoms with Crippen LogP contribution < -0.4 is 14.5 Å². The van der Waals surface area contributed by atoms with Crippen LogP contribution in [0.3, 0.4) is 0 Å². The van der Waals surface area contributed by atoms with Crippen molar-refractivity contribution in [3.8, 4) is 28.7 Å². The van der Waals surface area contributed by atoms with Gasteiger partial charge in [-0.05, 0) is 76.6 Å². The molecule has 298 valence electrons. The van der Waals surface area contributed by atoms with Gasteiger partial charge in [0.2, 0.25) is 0 Å². The molecule has 8 heteroatoms. The van der Waals surface area contributed by atoms with E-state index in [1.807, 2.05) is 18.3 Å². The van der Waals surface area contributed by atoms with E-state index in [0.717, 1.165) is 62.9 Å². The van der Waals surface area contributed by atoms with E-state index in [1.54, 1.807) is 0 Å². The second kappa shape index (κ2) is 13.7. The molecule has 1 aliphatic rings. The van der Waals surface area contributed by atoms with Crippen LogP contribution in [0.15, 0.2) is 97.2 Å². The molecule has 0 spiro atoms. The van der Waals surface area contributed by atoms with Crippen molar-refractivity contribution in [2.75, 3.05) is 23.5 Å². The van der Waals surface area contributed by atoms with Crippen molar-refractivity contribution in [3.63, 3.8) is 0 Å². The van der Waals surface area contributed by atoms with Gasteiger partial charge in [0.25, 0.3) is 0 Å². The Kier molecular flexibility index (Phi) is 9.22. The summed E-state index contributed by atoms with van der Waals surface area (Å²) in [7, 11) is 2.14. The zero-order valence-corrected chi connectivity index (χ0v) is 36.5. The smallest absolute Gasteiger partial charge is 0.167 e. The molecule has 0 radical (unpaired) electrons. The SMILES string of the molecule is CN1CN(c2cc(Oc3cc4c(cc3-c3nc(C(C)(C)C)nc(C(C)(C)C)n3)c3cc(C(C)(C)C)ccc3n4-c3ccccn3)cc(C(C)(C)C)c2)c2ccccc21. The number of fused-ring (bicyclic) bond motifs is 4. The highest BCUT2D eigenvalue weighted by molar-refractivity contribution is 6.11. The molecule has 4 aromatic carbocycles. The molecule has 8 rings (SSSR count). The van der Waals surface area contributed by atoms with Crippen LogP contribution in [0.4, 0.5) is 17.1 Å². The van der Waals surface area contributed by atoms with Gasteiger partial charge in [-0.3, -0.25) is 4.57 Å². The lowest BCUT2D eigenvalue weighted by atomic mass is 9.86. The van der Waals surface area contributed by atoms with E-state index in [1.165, 1.54) is 22.5 Å². The lowest BCUT2D eigenvalue weighted by molar-refractivity contribution is 0.478. The normalized spacial score (nSPS) is 13.8. The van der Waals surface area contributed by atoms with Gasteiger partial charge in [0.05, 0.1) is 34.6 Å². The molecule has 58 heavy (non-hydrogen) atoms. The predicted octanol–water partition coefficient (Wildman–Crippen LogP) is 12.6. The summed E-state index contributed by atoms with van der Waals surface area (Å²) < 4.78 is 9.51. The van der Waals surface area contributed by atoms with Crippen molar-refractivity contribution >= 4 is 38.9 Å². The molecular formula is C50H57N7O. The van der Waals surface area contributed by atoms with Crippen LogP contribution in [0.1, 0.15) is 106 Å². The largest absolute Gasteiger partial charge is 0.456 e. The first kappa shape index (κ1) is 39.1. The second-order valence-electron chi connectivity index (χ2n) is 20.0. The van der Waals surface area contributed by atoms with Gasteiger partial charge in [0.15, 0.2) is 5.82 Å². The topological polar surface area (TPSA) is 72.2 Å². The van der Waals surface area contributed by atoms with Gasteiger partial charge in [-0.2, -0.15) is 0 Å². The quantitative estimate of drug-likeness (QED) is 0.172. The number of rotatable bonds is 5. The maximum atomic E-state index is 7.26. The molecule has 0 saturated heterocycles. The molecule has 0 saturated carbocycles. The minimum Gasteiger partial charge on any atom is -0.456 e. The molecular weight excluding hydrogens is 715 g/mol. The second-order valence-corrected chi connectivity index (χ2v) is 20.0. The van der Waals surface area contributed by atoms with Gasteiger partial charge < -0.3 is 14.5 Å². The van der Waals surface area contributed by atoms with Crippen LogP contribution in [0, 0.1) is 0 Å². The first-order valence-electron chi connectivity index (χ1n) is 20.4. The molecule has 0 amide bonds. The Labute approximate surface area is 344 Å². The van der Waals surface area contributed by atoms with Crippen molar-refractivity contribution in [3.05, 3.63) is 120 Å². The molecule has 3 aromatic heterocycles. The van der Waals surface area contributed by atoms with Crippen molar-refractivity contribution in [2.24, 2.45) is 0 Å². The molecule has 0 bridgehead atoms. The Balaban J connectivity index is 1.43. The third-order valence-electron chi connectivity index (χ3n) is 11.1. The lowest BCUT2D eigenvalue weighted by Gasteiger charge is -2.26. The molecule has 1 aliphatic heterocycles. The molecule has 0 N–H and O–H groups in total. The molecule has 4 heterocycles. The van der Waals surface area contributed by atoms with Crippen LogP contribution in [0.25, 0.3) is 39.0 Å². The summed E-state index contributed by atoms with van der Waals surface area (Å²) in [4.78, 5) is 25.0. The fraction of sp³-hybridized carbons (Fsp3) is 0.360. The number of hydrogen-bond donors (Lipinski definition) is 0. The van der Waals surface area contributed by atoms with Crippen LogP contribution >= 0.6 is 0 Å². The summed E-state index contributed by atoms with van der Waals surface area (Å²) in [6.07, 6.45) is 1.85. The third kappa shape index (κ3) is 7.18. The van der Waals surface area contributed by atoms with E-state index >= 15 is 0 Å². The zero-order chi connectivity index (χ0) is 41.5. The molecule has 7 aromatic rings. The summed E-state index contributed by atoms with van der Waals surface area (Å²) in [6.45, 7) is 27.2. The van der Waals surface area contributed by atoms with E-state index in [-0.39, 0.29) is 21.7 Å². The van der Waals surface area contributed by atoms with Gasteiger partial charge in [0, 0.05) is 52.7 Å². The maximum absolute atomic E-state index is 7.26. The Morgan fingerprint density at radius 3 is 1.83 bits per heavy atom.